The maximum Gasteiger partial charge on any atom is 0.423 e. The molecule has 1 aromatic carbocycles. The van der Waals surface area contributed by atoms with Crippen LogP contribution in [0.1, 0.15) is 18.4 Å². The molecule has 0 saturated carbocycles. The number of halogens is 4. The van der Waals surface area contributed by atoms with E-state index in [0.29, 0.717) is 25.9 Å². The smallest absolute Gasteiger partial charge is 0.375 e. The molecule has 0 aliphatic carbocycles. The number of alkyl halides is 3. The number of piperidine rings is 1. The standard InChI is InChI=1S/C16H21F3N2O3.ClH/c1-24-14(7-9-20-10-8-14)13(22)21-11-15(23,16(17,18)19)12-5-3-2-4-6-12;/h2-6,20,23H,7-11H2,1H3,(H,21,22);1H. The van der Waals surface area contributed by atoms with E-state index in [1.807, 2.05) is 0 Å². The second-order valence-corrected chi connectivity index (χ2v) is 5.86. The Morgan fingerprint density at radius 2 is 1.84 bits per heavy atom. The minimum Gasteiger partial charge on any atom is -0.375 e. The van der Waals surface area contributed by atoms with Crippen LogP contribution in [0.15, 0.2) is 30.3 Å². The fourth-order valence-corrected chi connectivity index (χ4v) is 2.80. The molecule has 2 rings (SSSR count). The summed E-state index contributed by atoms with van der Waals surface area (Å²) < 4.78 is 45.5. The van der Waals surface area contributed by atoms with E-state index in [4.69, 9.17) is 4.74 Å². The van der Waals surface area contributed by atoms with Crippen molar-refractivity contribution in [3.63, 3.8) is 0 Å². The number of hydrogen-bond donors (Lipinski definition) is 3. The van der Waals surface area contributed by atoms with Gasteiger partial charge in [-0.1, -0.05) is 30.3 Å². The Balaban J connectivity index is 0.00000312. The van der Waals surface area contributed by atoms with Crippen LogP contribution in [0.2, 0.25) is 0 Å². The Morgan fingerprint density at radius 3 is 2.32 bits per heavy atom. The van der Waals surface area contributed by atoms with Gasteiger partial charge in [0, 0.05) is 7.11 Å². The van der Waals surface area contributed by atoms with E-state index in [-0.39, 0.29) is 18.0 Å². The Hall–Kier alpha value is -1.35. The second kappa shape index (κ2) is 8.35. The molecule has 1 unspecified atom stereocenters. The van der Waals surface area contributed by atoms with Crippen molar-refractivity contribution >= 4 is 18.3 Å². The van der Waals surface area contributed by atoms with E-state index in [9.17, 15) is 23.1 Å². The normalized spacial score (nSPS) is 19.4. The molecule has 142 valence electrons. The van der Waals surface area contributed by atoms with E-state index in [1.54, 1.807) is 6.07 Å². The minimum atomic E-state index is -4.93. The van der Waals surface area contributed by atoms with E-state index in [0.717, 1.165) is 0 Å². The summed E-state index contributed by atoms with van der Waals surface area (Å²) in [7, 11) is 1.36. The first kappa shape index (κ1) is 21.7. The van der Waals surface area contributed by atoms with Crippen molar-refractivity contribution in [1.29, 1.82) is 0 Å². The molecule has 1 amide bonds. The monoisotopic (exact) mass is 382 g/mol. The first-order chi connectivity index (χ1) is 11.3. The molecule has 0 spiro atoms. The van der Waals surface area contributed by atoms with Gasteiger partial charge in [-0.2, -0.15) is 13.2 Å². The van der Waals surface area contributed by atoms with Gasteiger partial charge in [-0.15, -0.1) is 12.4 Å². The number of rotatable bonds is 5. The quantitative estimate of drug-likeness (QED) is 0.725. The summed E-state index contributed by atoms with van der Waals surface area (Å²) >= 11 is 0. The summed E-state index contributed by atoms with van der Waals surface area (Å²) in [6, 6.07) is 6.70. The summed E-state index contributed by atoms with van der Waals surface area (Å²) in [6.07, 6.45) is -4.23. The fraction of sp³-hybridized carbons (Fsp3) is 0.562. The summed E-state index contributed by atoms with van der Waals surface area (Å²) in [5.74, 6) is -0.648. The number of benzene rings is 1. The van der Waals surface area contributed by atoms with E-state index in [2.05, 4.69) is 10.6 Å². The molecule has 0 bridgehead atoms. The third kappa shape index (κ3) is 4.44. The van der Waals surface area contributed by atoms with Crippen LogP contribution in [0.3, 0.4) is 0 Å². The molecule has 1 aromatic rings. The second-order valence-electron chi connectivity index (χ2n) is 5.86. The fourth-order valence-electron chi connectivity index (χ4n) is 2.80. The van der Waals surface area contributed by atoms with Gasteiger partial charge in [0.25, 0.3) is 5.91 Å². The number of ether oxygens (including phenoxy) is 1. The van der Waals surface area contributed by atoms with Gasteiger partial charge in [-0.05, 0) is 31.5 Å². The summed E-state index contributed by atoms with van der Waals surface area (Å²) in [6.45, 7) is 0.0881. The van der Waals surface area contributed by atoms with E-state index >= 15 is 0 Å². The Labute approximate surface area is 150 Å². The zero-order valence-corrected chi connectivity index (χ0v) is 14.5. The van der Waals surface area contributed by atoms with Crippen LogP contribution in [-0.4, -0.2) is 49.5 Å². The van der Waals surface area contributed by atoms with Gasteiger partial charge in [0.1, 0.15) is 5.60 Å². The Morgan fingerprint density at radius 1 is 1.28 bits per heavy atom. The van der Waals surface area contributed by atoms with Crippen molar-refractivity contribution in [2.24, 2.45) is 0 Å². The molecular weight excluding hydrogens is 361 g/mol. The van der Waals surface area contributed by atoms with Gasteiger partial charge in [-0.3, -0.25) is 4.79 Å². The van der Waals surface area contributed by atoms with Crippen molar-refractivity contribution in [3.05, 3.63) is 35.9 Å². The molecule has 5 nitrogen and oxygen atoms in total. The lowest BCUT2D eigenvalue weighted by molar-refractivity contribution is -0.264. The van der Waals surface area contributed by atoms with Crippen molar-refractivity contribution < 1.29 is 27.8 Å². The first-order valence-electron chi connectivity index (χ1n) is 7.64. The van der Waals surface area contributed by atoms with Crippen LogP contribution in [0.25, 0.3) is 0 Å². The zero-order valence-electron chi connectivity index (χ0n) is 13.7. The first-order valence-corrected chi connectivity index (χ1v) is 7.64. The Bertz CT molecular complexity index is 565. The van der Waals surface area contributed by atoms with Gasteiger partial charge >= 0.3 is 6.18 Å². The van der Waals surface area contributed by atoms with Crippen molar-refractivity contribution in [2.75, 3.05) is 26.7 Å². The predicted molar refractivity (Wildman–Crippen MR) is 88.5 cm³/mol. The highest BCUT2D eigenvalue weighted by molar-refractivity contribution is 5.85. The van der Waals surface area contributed by atoms with E-state index < -0.39 is 29.8 Å². The predicted octanol–water partition coefficient (Wildman–Crippen LogP) is 1.74. The highest BCUT2D eigenvalue weighted by Crippen LogP contribution is 2.38. The molecular formula is C16H22ClF3N2O3. The summed E-state index contributed by atoms with van der Waals surface area (Å²) in [5.41, 5.74) is -4.66. The summed E-state index contributed by atoms with van der Waals surface area (Å²) in [5, 5.41) is 15.5. The zero-order chi connectivity index (χ0) is 17.8. The third-order valence-electron chi connectivity index (χ3n) is 4.44. The van der Waals surface area contributed by atoms with Crippen LogP contribution in [0.5, 0.6) is 0 Å². The van der Waals surface area contributed by atoms with Crippen LogP contribution >= 0.6 is 12.4 Å². The van der Waals surface area contributed by atoms with E-state index in [1.165, 1.54) is 31.4 Å². The van der Waals surface area contributed by atoms with Crippen LogP contribution in [0, 0.1) is 0 Å². The van der Waals surface area contributed by atoms with Crippen LogP contribution in [-0.2, 0) is 15.1 Å². The number of aliphatic hydroxyl groups is 1. The topological polar surface area (TPSA) is 70.6 Å². The van der Waals surface area contributed by atoms with Gasteiger partial charge in [0.15, 0.2) is 0 Å². The number of methoxy groups -OCH3 is 1. The number of hydrogen-bond acceptors (Lipinski definition) is 4. The molecule has 3 N–H and O–H groups in total. The molecule has 1 aliphatic heterocycles. The van der Waals surface area contributed by atoms with Gasteiger partial charge in [0.05, 0.1) is 6.54 Å². The number of nitrogens with one attached hydrogen (secondary N) is 2. The number of carbonyl (C=O) groups excluding carboxylic acids is 1. The lowest BCUT2D eigenvalue weighted by Gasteiger charge is -2.37. The minimum absolute atomic E-state index is 0. The average molecular weight is 383 g/mol. The van der Waals surface area contributed by atoms with Crippen LogP contribution in [0.4, 0.5) is 13.2 Å². The Kier molecular flexibility index (Phi) is 7.25. The molecule has 1 atom stereocenters. The molecule has 1 saturated heterocycles. The molecule has 0 aromatic heterocycles. The molecule has 25 heavy (non-hydrogen) atoms. The molecule has 9 heteroatoms. The number of carbonyl (C=O) groups is 1. The van der Waals surface area contributed by atoms with Crippen molar-refractivity contribution in [1.82, 2.24) is 10.6 Å². The maximum absolute atomic E-state index is 13.4. The average Bonchev–Trinajstić information content (AvgIpc) is 2.59. The van der Waals surface area contributed by atoms with Crippen molar-refractivity contribution in [2.45, 2.75) is 30.2 Å². The molecule has 1 fully saturated rings. The lowest BCUT2D eigenvalue weighted by Crippen LogP contribution is -2.58. The van der Waals surface area contributed by atoms with Gasteiger partial charge < -0.3 is 20.5 Å². The third-order valence-corrected chi connectivity index (χ3v) is 4.44. The van der Waals surface area contributed by atoms with Crippen molar-refractivity contribution in [3.8, 4) is 0 Å². The lowest BCUT2D eigenvalue weighted by atomic mass is 9.89. The largest absolute Gasteiger partial charge is 0.423 e. The molecule has 0 radical (unpaired) electrons. The van der Waals surface area contributed by atoms with Gasteiger partial charge in [-0.25, -0.2) is 0 Å². The number of amides is 1. The highest BCUT2D eigenvalue weighted by atomic mass is 35.5. The van der Waals surface area contributed by atoms with Crippen LogP contribution < -0.4 is 10.6 Å². The maximum atomic E-state index is 13.4. The summed E-state index contributed by atoms with van der Waals surface area (Å²) in [4.78, 5) is 12.4. The van der Waals surface area contributed by atoms with Gasteiger partial charge in [0.2, 0.25) is 5.60 Å². The molecule has 1 aliphatic rings. The SMILES string of the molecule is COC1(C(=O)NCC(O)(c2ccccc2)C(F)(F)F)CCNCC1.Cl. The highest BCUT2D eigenvalue weighted by Gasteiger charge is 2.55. The molecule has 1 heterocycles.